The predicted octanol–water partition coefficient (Wildman–Crippen LogP) is 1.58. The van der Waals surface area contributed by atoms with Crippen LogP contribution in [0, 0.1) is 5.92 Å². The van der Waals surface area contributed by atoms with Crippen molar-refractivity contribution in [2.75, 3.05) is 6.61 Å². The molecule has 2 aromatic rings. The van der Waals surface area contributed by atoms with Crippen molar-refractivity contribution >= 4 is 41.5 Å². The Morgan fingerprint density at radius 2 is 2.07 bits per heavy atom. The minimum absolute atomic E-state index is 0.0691. The van der Waals surface area contributed by atoms with Crippen LogP contribution >= 0.6 is 0 Å². The lowest BCUT2D eigenvalue weighted by Crippen LogP contribution is -2.44. The van der Waals surface area contributed by atoms with Crippen LogP contribution in [0.1, 0.15) is 32.3 Å². The minimum atomic E-state index is -0.875. The zero-order valence-electron chi connectivity index (χ0n) is 16.2. The van der Waals surface area contributed by atoms with Gasteiger partial charge in [-0.05, 0) is 31.4 Å². The second-order valence-electron chi connectivity index (χ2n) is 6.59. The van der Waals surface area contributed by atoms with E-state index in [9.17, 15) is 14.4 Å². The number of amides is 1. The Hall–Kier alpha value is -3.18. The monoisotopic (exact) mass is 384 g/mol. The normalized spacial score (nSPS) is 12.6. The number of benzene rings is 1. The molecule has 1 amide bonds. The van der Waals surface area contributed by atoms with E-state index in [4.69, 9.17) is 4.74 Å². The zero-order chi connectivity index (χ0) is 20.5. The molecule has 1 heterocycles. The van der Waals surface area contributed by atoms with Gasteiger partial charge in [-0.3, -0.25) is 9.59 Å². The fraction of sp³-hybridized carbons (Fsp3) is 0.381. The van der Waals surface area contributed by atoms with Crippen LogP contribution in [0.3, 0.4) is 0 Å². The second kappa shape index (κ2) is 10.2. The largest absolute Gasteiger partial charge is 0.464 e. The maximum atomic E-state index is 12.6. The third kappa shape index (κ3) is 5.66. The molecule has 0 unspecified atom stereocenters. The number of hydrogen-bond donors (Lipinski definition) is 2. The Kier molecular flexibility index (Phi) is 7.72. The number of aromatic amines is 1. The fourth-order valence-electron chi connectivity index (χ4n) is 2.98. The number of aromatic nitrogens is 1. The summed E-state index contributed by atoms with van der Waals surface area (Å²) >= 11 is 0. The van der Waals surface area contributed by atoms with Crippen molar-refractivity contribution in [1.29, 1.82) is 0 Å². The Morgan fingerprint density at radius 1 is 1.32 bits per heavy atom. The Morgan fingerprint density at radius 3 is 2.79 bits per heavy atom. The van der Waals surface area contributed by atoms with E-state index in [1.807, 2.05) is 30.5 Å². The van der Waals surface area contributed by atoms with Crippen molar-refractivity contribution in [3.05, 3.63) is 36.0 Å². The average molecular weight is 384 g/mol. The van der Waals surface area contributed by atoms with Gasteiger partial charge in [0.1, 0.15) is 6.04 Å². The molecular formula is C21H26N3O4+. The molecule has 0 aliphatic heterocycles. The number of carbonyl (C=O) groups is 3. The number of rotatable bonds is 10. The number of ether oxygens (including phenoxy) is 1. The molecule has 0 fully saturated rings. The van der Waals surface area contributed by atoms with Crippen LogP contribution in [-0.4, -0.2) is 48.2 Å². The molecule has 0 saturated heterocycles. The molecule has 0 spiro atoms. The highest BCUT2D eigenvalue weighted by atomic mass is 16.5. The maximum absolute atomic E-state index is 12.6. The molecule has 2 N–H and O–H groups in total. The number of carbonyl (C=O) groups excluding carboxylic acids is 3. The Balaban J connectivity index is 2.02. The van der Waals surface area contributed by atoms with Crippen molar-refractivity contribution < 1.29 is 19.1 Å². The first kappa shape index (κ1) is 21.1. The molecule has 2 atom stereocenters. The van der Waals surface area contributed by atoms with Crippen LogP contribution in [0.5, 0.6) is 0 Å². The third-order valence-corrected chi connectivity index (χ3v) is 4.45. The summed E-state index contributed by atoms with van der Waals surface area (Å²) in [5.41, 5.74) is 2.05. The van der Waals surface area contributed by atoms with E-state index < -0.39 is 12.0 Å². The second-order valence-corrected chi connectivity index (χ2v) is 6.59. The first-order valence-electron chi connectivity index (χ1n) is 9.30. The fourth-order valence-corrected chi connectivity index (χ4v) is 2.98. The van der Waals surface area contributed by atoms with Crippen molar-refractivity contribution in [2.45, 2.75) is 39.2 Å². The van der Waals surface area contributed by atoms with Gasteiger partial charge in [0, 0.05) is 29.4 Å². The molecule has 148 valence electrons. The van der Waals surface area contributed by atoms with Gasteiger partial charge in [-0.15, -0.1) is 4.67 Å². The molecule has 1 aromatic carbocycles. The predicted molar refractivity (Wildman–Crippen MR) is 109 cm³/mol. The van der Waals surface area contributed by atoms with Crippen LogP contribution in [0.25, 0.3) is 10.9 Å². The number of para-hydroxylation sites is 1. The number of esters is 1. The van der Waals surface area contributed by atoms with Crippen LogP contribution in [-0.2, 0) is 25.5 Å². The SMILES string of the molecule is C=[N+]=CC(=O)CC[C@H](NC(=O)[C@@H](C)Cc1c[nH]c2ccccc12)C(=O)OCC. The molecule has 0 aliphatic rings. The zero-order valence-corrected chi connectivity index (χ0v) is 16.2. The van der Waals surface area contributed by atoms with Crippen LogP contribution in [0.15, 0.2) is 30.5 Å². The van der Waals surface area contributed by atoms with Gasteiger partial charge >= 0.3 is 12.2 Å². The summed E-state index contributed by atoms with van der Waals surface area (Å²) in [6.07, 6.45) is 3.74. The molecule has 28 heavy (non-hydrogen) atoms. The van der Waals surface area contributed by atoms with Gasteiger partial charge in [0.2, 0.25) is 11.7 Å². The summed E-state index contributed by atoms with van der Waals surface area (Å²) in [7, 11) is 0. The number of nitrogens with zero attached hydrogens (tertiary/aromatic N) is 1. The van der Waals surface area contributed by atoms with E-state index in [-0.39, 0.29) is 37.1 Å². The number of Topliss-reactive ketones (excluding diaryl/α,β-unsaturated/α-hetero) is 1. The highest BCUT2D eigenvalue weighted by molar-refractivity contribution is 6.27. The standard InChI is InChI=1S/C21H25N3O4/c1-4-28-21(27)19(10-9-16(25)13-22-3)24-20(26)14(2)11-15-12-23-18-8-6-5-7-17(15)18/h5-8,12-14,19,23H,3-4,9-11H2,1-2H3/p+1/t14-,19-/m0/s1. The van der Waals surface area contributed by atoms with Crippen LogP contribution in [0.4, 0.5) is 0 Å². The quantitative estimate of drug-likeness (QED) is 0.369. The smallest absolute Gasteiger partial charge is 0.334 e. The molecule has 0 bridgehead atoms. The summed E-state index contributed by atoms with van der Waals surface area (Å²) in [6, 6.07) is 7.01. The molecule has 0 radical (unpaired) electrons. The molecule has 0 aliphatic carbocycles. The van der Waals surface area contributed by atoms with Crippen molar-refractivity contribution in [3.63, 3.8) is 0 Å². The highest BCUT2D eigenvalue weighted by Gasteiger charge is 2.26. The summed E-state index contributed by atoms with van der Waals surface area (Å²) in [4.78, 5) is 39.6. The van der Waals surface area contributed by atoms with E-state index in [1.165, 1.54) is 0 Å². The first-order chi connectivity index (χ1) is 13.5. The van der Waals surface area contributed by atoms with Gasteiger partial charge in [-0.25, -0.2) is 4.79 Å². The minimum Gasteiger partial charge on any atom is -0.464 e. The van der Waals surface area contributed by atoms with Crippen molar-refractivity contribution in [1.82, 2.24) is 15.0 Å². The Bertz CT molecular complexity index is 896. The third-order valence-electron chi connectivity index (χ3n) is 4.45. The molecule has 0 saturated carbocycles. The van der Waals surface area contributed by atoms with Crippen LogP contribution in [0.2, 0.25) is 0 Å². The van der Waals surface area contributed by atoms with E-state index in [0.717, 1.165) is 22.7 Å². The van der Waals surface area contributed by atoms with Gasteiger partial charge < -0.3 is 15.0 Å². The molecule has 1 aromatic heterocycles. The topological polar surface area (TPSA) is 102 Å². The first-order valence-corrected chi connectivity index (χ1v) is 9.30. The summed E-state index contributed by atoms with van der Waals surface area (Å²) < 4.78 is 8.44. The van der Waals surface area contributed by atoms with Crippen molar-refractivity contribution in [2.24, 2.45) is 5.92 Å². The number of H-pyrrole nitrogens is 1. The van der Waals surface area contributed by atoms with Crippen molar-refractivity contribution in [3.8, 4) is 0 Å². The lowest BCUT2D eigenvalue weighted by atomic mass is 9.99. The van der Waals surface area contributed by atoms with Gasteiger partial charge in [0.05, 0.1) is 6.61 Å². The number of fused-ring (bicyclic) bond motifs is 1. The lowest BCUT2D eigenvalue weighted by Gasteiger charge is -2.19. The molecule has 2 rings (SSSR count). The number of nitrogens with one attached hydrogen (secondary N) is 2. The summed E-state index contributed by atoms with van der Waals surface area (Å²) in [6.45, 7) is 6.93. The number of hydrogen-bond acceptors (Lipinski definition) is 4. The molecule has 7 heteroatoms. The summed E-state index contributed by atoms with van der Waals surface area (Å²) in [5.74, 6) is -1.42. The lowest BCUT2D eigenvalue weighted by molar-refractivity contribution is -0.148. The van der Waals surface area contributed by atoms with E-state index in [0.29, 0.717) is 6.42 Å². The highest BCUT2D eigenvalue weighted by Crippen LogP contribution is 2.21. The number of ketones is 1. The van der Waals surface area contributed by atoms with Crippen LogP contribution < -0.4 is 9.98 Å². The van der Waals surface area contributed by atoms with Gasteiger partial charge in [-0.2, -0.15) is 0 Å². The van der Waals surface area contributed by atoms with Gasteiger partial charge in [0.15, 0.2) is 0 Å². The molecule has 7 nitrogen and oxygen atoms in total. The van der Waals surface area contributed by atoms with E-state index in [2.05, 4.69) is 21.7 Å². The van der Waals surface area contributed by atoms with Gasteiger partial charge in [-0.1, -0.05) is 25.1 Å². The van der Waals surface area contributed by atoms with Gasteiger partial charge in [0.25, 0.3) is 6.72 Å². The van der Waals surface area contributed by atoms with E-state index in [1.54, 1.807) is 13.8 Å². The maximum Gasteiger partial charge on any atom is 0.334 e. The Labute approximate surface area is 163 Å². The summed E-state index contributed by atoms with van der Waals surface area (Å²) in [5, 5.41) is 3.79. The average Bonchev–Trinajstić information content (AvgIpc) is 3.08. The van der Waals surface area contributed by atoms with E-state index >= 15 is 0 Å². The molecular weight excluding hydrogens is 358 g/mol.